The summed E-state index contributed by atoms with van der Waals surface area (Å²) in [7, 11) is 0. The number of nitrogens with two attached hydrogens (primary N) is 1. The number of carbonyl (C=O) groups excluding carboxylic acids is 2. The molecule has 0 aliphatic carbocycles. The van der Waals surface area contributed by atoms with Gasteiger partial charge in [0.05, 0.1) is 11.1 Å². The van der Waals surface area contributed by atoms with Gasteiger partial charge in [-0.1, -0.05) is 29.8 Å². The molecule has 1 aliphatic rings. The summed E-state index contributed by atoms with van der Waals surface area (Å²) in [6.45, 7) is 0.115. The highest BCUT2D eigenvalue weighted by molar-refractivity contribution is 6.31. The predicted molar refractivity (Wildman–Crippen MR) is 86.6 cm³/mol. The Hall–Kier alpha value is -2.37. The lowest BCUT2D eigenvalue weighted by Gasteiger charge is -2.19. The van der Waals surface area contributed by atoms with Crippen LogP contribution in [0.5, 0.6) is 5.75 Å². The van der Waals surface area contributed by atoms with Gasteiger partial charge in [0.2, 0.25) is 0 Å². The van der Waals surface area contributed by atoms with Crippen LogP contribution in [0.2, 0.25) is 5.02 Å². The molecular formula is C17H15ClN2O3. The van der Waals surface area contributed by atoms with Crippen LogP contribution in [-0.4, -0.2) is 34.4 Å². The zero-order valence-electron chi connectivity index (χ0n) is 12.2. The minimum Gasteiger partial charge on any atom is -0.508 e. The molecule has 6 heteroatoms. The fraction of sp³-hybridized carbons (Fsp3) is 0.176. The van der Waals surface area contributed by atoms with Crippen molar-refractivity contribution in [3.05, 3.63) is 64.2 Å². The summed E-state index contributed by atoms with van der Waals surface area (Å²) < 4.78 is 0. The highest BCUT2D eigenvalue weighted by atomic mass is 35.5. The molecule has 0 saturated heterocycles. The van der Waals surface area contributed by atoms with Crippen LogP contribution in [0.1, 0.15) is 26.3 Å². The summed E-state index contributed by atoms with van der Waals surface area (Å²) in [5, 5.41) is 9.76. The van der Waals surface area contributed by atoms with E-state index in [2.05, 4.69) is 0 Å². The zero-order chi connectivity index (χ0) is 16.6. The maximum Gasteiger partial charge on any atom is 0.261 e. The largest absolute Gasteiger partial charge is 0.508 e. The number of benzene rings is 2. The summed E-state index contributed by atoms with van der Waals surface area (Å²) in [4.78, 5) is 25.8. The van der Waals surface area contributed by atoms with E-state index < -0.39 is 6.04 Å². The Morgan fingerprint density at radius 3 is 2.26 bits per heavy atom. The molecule has 0 bridgehead atoms. The first-order chi connectivity index (χ1) is 11.0. The Balaban J connectivity index is 1.73. The molecule has 0 fully saturated rings. The number of carbonyl (C=O) groups is 2. The summed E-state index contributed by atoms with van der Waals surface area (Å²) in [5.41, 5.74) is 7.66. The number of hydrogen-bond donors (Lipinski definition) is 2. The molecule has 1 heterocycles. The van der Waals surface area contributed by atoms with E-state index in [-0.39, 0.29) is 24.1 Å². The number of phenolic OH excluding ortho intramolecular Hbond substituents is 1. The fourth-order valence-corrected chi connectivity index (χ4v) is 2.94. The zero-order valence-corrected chi connectivity index (χ0v) is 13.0. The molecule has 5 nitrogen and oxygen atoms in total. The summed E-state index contributed by atoms with van der Waals surface area (Å²) in [6.07, 6.45) is 0.395. The van der Waals surface area contributed by atoms with Gasteiger partial charge in [-0.3, -0.25) is 14.5 Å². The number of rotatable bonds is 4. The molecule has 23 heavy (non-hydrogen) atoms. The number of aromatic hydroxyl groups is 1. The predicted octanol–water partition coefficient (Wildman–Crippen LogP) is 2.21. The Morgan fingerprint density at radius 1 is 1.09 bits per heavy atom. The van der Waals surface area contributed by atoms with Crippen molar-refractivity contribution in [2.75, 3.05) is 6.54 Å². The van der Waals surface area contributed by atoms with Gasteiger partial charge >= 0.3 is 0 Å². The lowest BCUT2D eigenvalue weighted by molar-refractivity contribution is 0.0644. The highest BCUT2D eigenvalue weighted by Gasteiger charge is 2.35. The molecule has 3 rings (SSSR count). The van der Waals surface area contributed by atoms with Crippen molar-refractivity contribution in [2.24, 2.45) is 5.73 Å². The van der Waals surface area contributed by atoms with Gasteiger partial charge in [0.1, 0.15) is 5.75 Å². The molecule has 0 radical (unpaired) electrons. The fourth-order valence-electron chi connectivity index (χ4n) is 2.69. The van der Waals surface area contributed by atoms with Crippen LogP contribution in [0.15, 0.2) is 42.5 Å². The number of nitrogens with zero attached hydrogens (tertiary/aromatic N) is 1. The number of imide groups is 1. The molecule has 2 aromatic carbocycles. The molecule has 2 amide bonds. The third-order valence-electron chi connectivity index (χ3n) is 3.81. The van der Waals surface area contributed by atoms with Crippen LogP contribution in [0.4, 0.5) is 0 Å². The molecule has 0 unspecified atom stereocenters. The molecule has 1 atom stereocenters. The number of hydrogen-bond acceptors (Lipinski definition) is 4. The first-order valence-electron chi connectivity index (χ1n) is 7.15. The second kappa shape index (κ2) is 6.02. The standard InChI is InChI=1S/C17H15ClN2O3/c18-15-8-12(21)6-5-10(15)7-11(19)9-20-16(22)13-3-1-2-4-14(13)17(20)23/h1-6,8,11,21H,7,9,19H2/t11-/m0/s1. The molecule has 118 valence electrons. The summed E-state index contributed by atoms with van der Waals surface area (Å²) in [6, 6.07) is 10.9. The van der Waals surface area contributed by atoms with Gasteiger partial charge in [0.15, 0.2) is 0 Å². The van der Waals surface area contributed by atoms with Crippen LogP contribution >= 0.6 is 11.6 Å². The van der Waals surface area contributed by atoms with Crippen molar-refractivity contribution in [3.63, 3.8) is 0 Å². The quantitative estimate of drug-likeness (QED) is 0.842. The van der Waals surface area contributed by atoms with E-state index in [1.807, 2.05) is 0 Å². The molecule has 3 N–H and O–H groups in total. The number of fused-ring (bicyclic) bond motifs is 1. The molecule has 0 aromatic heterocycles. The van der Waals surface area contributed by atoms with Gasteiger partial charge in [-0.2, -0.15) is 0 Å². The van der Waals surface area contributed by atoms with Crippen LogP contribution in [0.3, 0.4) is 0 Å². The normalized spacial score (nSPS) is 15.0. The van der Waals surface area contributed by atoms with Gasteiger partial charge < -0.3 is 10.8 Å². The average Bonchev–Trinajstić information content (AvgIpc) is 2.76. The molecule has 0 spiro atoms. The van der Waals surface area contributed by atoms with E-state index in [1.54, 1.807) is 30.3 Å². The number of halogens is 1. The van der Waals surface area contributed by atoms with Crippen LogP contribution in [-0.2, 0) is 6.42 Å². The third-order valence-corrected chi connectivity index (χ3v) is 4.17. The monoisotopic (exact) mass is 330 g/mol. The van der Waals surface area contributed by atoms with Gasteiger partial charge in [0.25, 0.3) is 11.8 Å². The lowest BCUT2D eigenvalue weighted by atomic mass is 10.1. The maximum atomic E-state index is 12.3. The average molecular weight is 331 g/mol. The number of amides is 2. The third kappa shape index (κ3) is 2.93. The van der Waals surface area contributed by atoms with E-state index in [4.69, 9.17) is 17.3 Å². The topological polar surface area (TPSA) is 83.6 Å². The first kappa shape index (κ1) is 15.5. The van der Waals surface area contributed by atoms with Crippen LogP contribution in [0, 0.1) is 0 Å². The van der Waals surface area contributed by atoms with Crippen LogP contribution in [0.25, 0.3) is 0 Å². The van der Waals surface area contributed by atoms with E-state index in [9.17, 15) is 14.7 Å². The lowest BCUT2D eigenvalue weighted by Crippen LogP contribution is -2.41. The van der Waals surface area contributed by atoms with E-state index in [0.29, 0.717) is 22.6 Å². The smallest absolute Gasteiger partial charge is 0.261 e. The van der Waals surface area contributed by atoms with Crippen molar-refractivity contribution >= 4 is 23.4 Å². The molecule has 1 aliphatic heterocycles. The van der Waals surface area contributed by atoms with E-state index in [0.717, 1.165) is 5.56 Å². The second-order valence-corrected chi connectivity index (χ2v) is 5.91. The van der Waals surface area contributed by atoms with Gasteiger partial charge in [-0.15, -0.1) is 0 Å². The van der Waals surface area contributed by atoms with Gasteiger partial charge in [-0.05, 0) is 36.2 Å². The first-order valence-corrected chi connectivity index (χ1v) is 7.53. The van der Waals surface area contributed by atoms with E-state index >= 15 is 0 Å². The molecule has 2 aromatic rings. The van der Waals surface area contributed by atoms with Crippen LogP contribution < -0.4 is 5.73 Å². The van der Waals surface area contributed by atoms with Gasteiger partial charge in [0, 0.05) is 17.6 Å². The molecular weight excluding hydrogens is 316 g/mol. The Morgan fingerprint density at radius 2 is 1.70 bits per heavy atom. The van der Waals surface area contributed by atoms with Crippen molar-refractivity contribution in [1.82, 2.24) is 4.90 Å². The summed E-state index contributed by atoms with van der Waals surface area (Å²) in [5.74, 6) is -0.566. The second-order valence-electron chi connectivity index (χ2n) is 5.51. The summed E-state index contributed by atoms with van der Waals surface area (Å²) >= 11 is 6.06. The maximum absolute atomic E-state index is 12.3. The highest BCUT2D eigenvalue weighted by Crippen LogP contribution is 2.25. The SMILES string of the molecule is N[C@@H](Cc1ccc(O)cc1Cl)CN1C(=O)c2ccccc2C1=O. The molecule has 0 saturated carbocycles. The Labute approximate surface area is 138 Å². The van der Waals surface area contributed by atoms with Crippen molar-refractivity contribution in [1.29, 1.82) is 0 Å². The van der Waals surface area contributed by atoms with Crippen molar-refractivity contribution in [3.8, 4) is 5.75 Å². The Kier molecular flexibility index (Phi) is 4.07. The number of phenols is 1. The minimum atomic E-state index is -0.445. The van der Waals surface area contributed by atoms with Gasteiger partial charge in [-0.25, -0.2) is 0 Å². The minimum absolute atomic E-state index is 0.0765. The van der Waals surface area contributed by atoms with E-state index in [1.165, 1.54) is 17.0 Å². The van der Waals surface area contributed by atoms with Crippen molar-refractivity contribution < 1.29 is 14.7 Å². The Bertz CT molecular complexity index is 756. The van der Waals surface area contributed by atoms with Crippen molar-refractivity contribution in [2.45, 2.75) is 12.5 Å².